The number of hydrogen-bond donors (Lipinski definition) is 0. The van der Waals surface area contributed by atoms with E-state index < -0.39 is 4.92 Å². The normalized spacial score (nSPS) is 10.6. The quantitative estimate of drug-likeness (QED) is 0.459. The van der Waals surface area contributed by atoms with E-state index in [-0.39, 0.29) is 10.7 Å². The molecule has 0 amide bonds. The molecule has 1 aromatic heterocycles. The van der Waals surface area contributed by atoms with Gasteiger partial charge in [-0.05, 0) is 23.1 Å². The Balaban J connectivity index is 1.86. The van der Waals surface area contributed by atoms with Gasteiger partial charge in [-0.2, -0.15) is 0 Å². The molecule has 0 radical (unpaired) electrons. The second-order valence-corrected chi connectivity index (χ2v) is 5.36. The van der Waals surface area contributed by atoms with E-state index in [0.717, 1.165) is 12.0 Å². The van der Waals surface area contributed by atoms with E-state index in [9.17, 15) is 10.1 Å². The van der Waals surface area contributed by atoms with Crippen molar-refractivity contribution in [2.24, 2.45) is 0 Å². The third-order valence-corrected chi connectivity index (χ3v) is 3.80. The van der Waals surface area contributed by atoms with Crippen molar-refractivity contribution in [3.8, 4) is 0 Å². The van der Waals surface area contributed by atoms with E-state index in [1.54, 1.807) is 17.4 Å². The zero-order chi connectivity index (χ0) is 13.7. The van der Waals surface area contributed by atoms with Gasteiger partial charge in [0.15, 0.2) is 0 Å². The third kappa shape index (κ3) is 4.02. The molecule has 0 saturated heterocycles. The lowest BCUT2D eigenvalue weighted by molar-refractivity contribution is -0.384. The summed E-state index contributed by atoms with van der Waals surface area (Å²) >= 11 is 7.43. The molecule has 2 aromatic rings. The lowest BCUT2D eigenvalue weighted by atomic mass is 10.2. The molecule has 0 unspecified atom stereocenters. The van der Waals surface area contributed by atoms with Gasteiger partial charge in [-0.25, -0.2) is 0 Å². The maximum Gasteiger partial charge on any atom is 0.288 e. The highest BCUT2D eigenvalue weighted by molar-refractivity contribution is 7.09. The largest absolute Gasteiger partial charge is 0.376 e. The summed E-state index contributed by atoms with van der Waals surface area (Å²) in [7, 11) is 0. The first-order chi connectivity index (χ1) is 9.16. The number of nitro groups is 1. The number of halogens is 1. The van der Waals surface area contributed by atoms with Crippen LogP contribution >= 0.6 is 22.9 Å². The highest BCUT2D eigenvalue weighted by Gasteiger charge is 2.12. The number of thiophene rings is 1. The van der Waals surface area contributed by atoms with Crippen LogP contribution in [0.2, 0.25) is 5.02 Å². The second kappa shape index (κ2) is 6.65. The predicted molar refractivity (Wildman–Crippen MR) is 75.8 cm³/mol. The van der Waals surface area contributed by atoms with Crippen LogP contribution in [0.4, 0.5) is 5.69 Å². The Morgan fingerprint density at radius 1 is 1.37 bits per heavy atom. The van der Waals surface area contributed by atoms with Gasteiger partial charge in [0.2, 0.25) is 0 Å². The maximum absolute atomic E-state index is 10.7. The van der Waals surface area contributed by atoms with Gasteiger partial charge >= 0.3 is 0 Å². The van der Waals surface area contributed by atoms with Crippen molar-refractivity contribution < 1.29 is 9.66 Å². The molecular formula is C13H12ClNO3S. The van der Waals surface area contributed by atoms with Gasteiger partial charge in [-0.1, -0.05) is 23.7 Å². The molecule has 2 rings (SSSR count). The van der Waals surface area contributed by atoms with Crippen molar-refractivity contribution in [1.29, 1.82) is 0 Å². The highest BCUT2D eigenvalue weighted by Crippen LogP contribution is 2.25. The molecule has 0 aliphatic rings. The fraction of sp³-hybridized carbons (Fsp3) is 0.231. The number of nitro benzene ring substituents is 1. The molecule has 0 aliphatic carbocycles. The summed E-state index contributed by atoms with van der Waals surface area (Å²) in [6.07, 6.45) is 0.855. The molecule has 0 spiro atoms. The number of nitrogens with zero attached hydrogens (tertiary/aromatic N) is 1. The molecule has 0 atom stereocenters. The van der Waals surface area contributed by atoms with Crippen molar-refractivity contribution in [2.45, 2.75) is 13.0 Å². The van der Waals surface area contributed by atoms with Crippen LogP contribution in [0.5, 0.6) is 0 Å². The average molecular weight is 298 g/mol. The van der Waals surface area contributed by atoms with E-state index in [1.807, 2.05) is 11.4 Å². The zero-order valence-electron chi connectivity index (χ0n) is 10.0. The van der Waals surface area contributed by atoms with Gasteiger partial charge in [-0.15, -0.1) is 11.3 Å². The molecule has 1 aromatic carbocycles. The first-order valence-corrected chi connectivity index (χ1v) is 6.95. The van der Waals surface area contributed by atoms with Gasteiger partial charge in [0, 0.05) is 17.4 Å². The van der Waals surface area contributed by atoms with Gasteiger partial charge in [0.25, 0.3) is 5.69 Å². The van der Waals surface area contributed by atoms with Crippen molar-refractivity contribution in [3.63, 3.8) is 0 Å². The van der Waals surface area contributed by atoms with Gasteiger partial charge in [0.05, 0.1) is 18.1 Å². The molecule has 19 heavy (non-hydrogen) atoms. The molecule has 6 heteroatoms. The lowest BCUT2D eigenvalue weighted by Gasteiger charge is -2.04. The molecule has 0 bridgehead atoms. The number of benzene rings is 1. The summed E-state index contributed by atoms with van der Waals surface area (Å²) in [5.41, 5.74) is 0.670. The zero-order valence-corrected chi connectivity index (χ0v) is 11.6. The smallest absolute Gasteiger partial charge is 0.288 e. The fourth-order valence-electron chi connectivity index (χ4n) is 1.61. The summed E-state index contributed by atoms with van der Waals surface area (Å²) in [5.74, 6) is 0. The topological polar surface area (TPSA) is 52.4 Å². The Kier molecular flexibility index (Phi) is 4.90. The summed E-state index contributed by atoms with van der Waals surface area (Å²) in [4.78, 5) is 11.5. The van der Waals surface area contributed by atoms with E-state index >= 15 is 0 Å². The van der Waals surface area contributed by atoms with Crippen LogP contribution < -0.4 is 0 Å². The van der Waals surface area contributed by atoms with Crippen LogP contribution in [0.15, 0.2) is 35.7 Å². The van der Waals surface area contributed by atoms with Gasteiger partial charge < -0.3 is 4.74 Å². The first-order valence-electron chi connectivity index (χ1n) is 5.70. The average Bonchev–Trinajstić information content (AvgIpc) is 2.89. The molecular weight excluding hydrogens is 286 g/mol. The van der Waals surface area contributed by atoms with Crippen LogP contribution in [-0.4, -0.2) is 11.5 Å². The molecule has 0 aliphatic heterocycles. The highest BCUT2D eigenvalue weighted by atomic mass is 35.5. The van der Waals surface area contributed by atoms with Crippen LogP contribution in [0.1, 0.15) is 10.4 Å². The van der Waals surface area contributed by atoms with Crippen molar-refractivity contribution in [1.82, 2.24) is 0 Å². The molecule has 0 N–H and O–H groups in total. The predicted octanol–water partition coefficient (Wildman–Crippen LogP) is 4.07. The summed E-state index contributed by atoms with van der Waals surface area (Å²) in [6.45, 7) is 0.945. The Morgan fingerprint density at radius 3 is 2.89 bits per heavy atom. The minimum Gasteiger partial charge on any atom is -0.376 e. The Hall–Kier alpha value is -1.43. The standard InChI is InChI=1S/C13H12ClNO3S/c14-12-4-3-10(8-13(12)15(16)17)9-18-6-5-11-2-1-7-19-11/h1-4,7-8H,5-6,9H2. The summed E-state index contributed by atoms with van der Waals surface area (Å²) < 4.78 is 5.51. The SMILES string of the molecule is O=[N+]([O-])c1cc(COCCc2cccs2)ccc1Cl. The Morgan fingerprint density at radius 2 is 2.21 bits per heavy atom. The monoisotopic (exact) mass is 297 g/mol. The van der Waals surface area contributed by atoms with E-state index in [4.69, 9.17) is 16.3 Å². The van der Waals surface area contributed by atoms with Crippen molar-refractivity contribution in [2.75, 3.05) is 6.61 Å². The van der Waals surface area contributed by atoms with Crippen molar-refractivity contribution in [3.05, 3.63) is 61.3 Å². The third-order valence-electron chi connectivity index (χ3n) is 2.55. The molecule has 100 valence electrons. The fourth-order valence-corrected chi connectivity index (χ4v) is 2.48. The van der Waals surface area contributed by atoms with E-state index in [1.165, 1.54) is 17.0 Å². The lowest BCUT2D eigenvalue weighted by Crippen LogP contribution is -1.99. The Bertz CT molecular complexity index is 557. The minimum atomic E-state index is -0.489. The number of rotatable bonds is 6. The van der Waals surface area contributed by atoms with Crippen molar-refractivity contribution >= 4 is 28.6 Å². The van der Waals surface area contributed by atoms with Crippen LogP contribution in [0.3, 0.4) is 0 Å². The van der Waals surface area contributed by atoms with Gasteiger partial charge in [-0.3, -0.25) is 10.1 Å². The first kappa shape index (κ1) is 14.0. The van der Waals surface area contributed by atoms with Gasteiger partial charge in [0.1, 0.15) is 5.02 Å². The second-order valence-electron chi connectivity index (χ2n) is 3.92. The Labute approximate surface area is 119 Å². The molecule has 0 saturated carbocycles. The number of hydrogen-bond acceptors (Lipinski definition) is 4. The minimum absolute atomic E-state index is 0.0824. The maximum atomic E-state index is 10.7. The molecule has 1 heterocycles. The summed E-state index contributed by atoms with van der Waals surface area (Å²) in [5, 5.41) is 12.9. The number of ether oxygens (including phenoxy) is 1. The summed E-state index contributed by atoms with van der Waals surface area (Å²) in [6, 6.07) is 8.77. The van der Waals surface area contributed by atoms with Crippen LogP contribution in [-0.2, 0) is 17.8 Å². The van der Waals surface area contributed by atoms with E-state index in [0.29, 0.717) is 13.2 Å². The van der Waals surface area contributed by atoms with E-state index in [2.05, 4.69) is 6.07 Å². The van der Waals surface area contributed by atoms with Crippen LogP contribution in [0, 0.1) is 10.1 Å². The van der Waals surface area contributed by atoms with Crippen LogP contribution in [0.25, 0.3) is 0 Å². The molecule has 4 nitrogen and oxygen atoms in total. The molecule has 0 fully saturated rings.